The molecule has 0 bridgehead atoms. The van der Waals surface area contributed by atoms with Crippen LogP contribution in [0.4, 0.5) is 4.79 Å². The van der Waals surface area contributed by atoms with Gasteiger partial charge >= 0.3 is 6.09 Å². The van der Waals surface area contributed by atoms with Crippen molar-refractivity contribution in [1.29, 1.82) is 0 Å². The van der Waals surface area contributed by atoms with Crippen LogP contribution in [0.1, 0.15) is 35.7 Å². The zero-order chi connectivity index (χ0) is 25.7. The Morgan fingerprint density at radius 3 is 2.86 bits per heavy atom. The number of likely N-dealkylation sites (tertiary alicyclic amines) is 1. The number of methoxy groups -OCH3 is 1. The molecule has 11 heteroatoms. The highest BCUT2D eigenvalue weighted by molar-refractivity contribution is 7.16. The van der Waals surface area contributed by atoms with Gasteiger partial charge in [0.05, 0.1) is 37.5 Å². The number of carbonyl (C=O) groups excluding carboxylic acids is 2. The Labute approximate surface area is 217 Å². The first kappa shape index (κ1) is 23.8. The number of fused-ring (bicyclic) bond motifs is 2. The van der Waals surface area contributed by atoms with Crippen molar-refractivity contribution in [2.45, 2.75) is 31.4 Å². The number of piperidine rings is 1. The van der Waals surface area contributed by atoms with E-state index >= 15 is 0 Å². The van der Waals surface area contributed by atoms with Crippen molar-refractivity contribution >= 4 is 44.6 Å². The first-order valence-electron chi connectivity index (χ1n) is 12.4. The van der Waals surface area contributed by atoms with Gasteiger partial charge in [-0.2, -0.15) is 0 Å². The third-order valence-electron chi connectivity index (χ3n) is 7.29. The van der Waals surface area contributed by atoms with Crippen LogP contribution in [-0.2, 0) is 16.5 Å². The van der Waals surface area contributed by atoms with E-state index in [1.165, 1.54) is 10.2 Å². The molecule has 3 aromatic heterocycles. The van der Waals surface area contributed by atoms with Crippen LogP contribution in [0.25, 0.3) is 32.8 Å². The second-order valence-electron chi connectivity index (χ2n) is 9.59. The maximum atomic E-state index is 13.5. The van der Waals surface area contributed by atoms with Crippen molar-refractivity contribution < 1.29 is 23.8 Å². The van der Waals surface area contributed by atoms with E-state index in [1.807, 2.05) is 17.7 Å². The van der Waals surface area contributed by atoms with E-state index in [9.17, 15) is 9.59 Å². The van der Waals surface area contributed by atoms with E-state index in [4.69, 9.17) is 24.9 Å². The first-order valence-corrected chi connectivity index (χ1v) is 13.3. The van der Waals surface area contributed by atoms with Crippen LogP contribution in [0, 0.1) is 0 Å². The lowest BCUT2D eigenvalue weighted by Gasteiger charge is -2.32. The zero-order valence-electron chi connectivity index (χ0n) is 20.8. The number of hydrogen-bond acceptors (Lipinski definition) is 7. The maximum Gasteiger partial charge on any atom is 0.404 e. The molecule has 10 nitrogen and oxygen atoms in total. The summed E-state index contributed by atoms with van der Waals surface area (Å²) in [6, 6.07) is 8.13. The van der Waals surface area contributed by atoms with Crippen molar-refractivity contribution in [3.8, 4) is 17.3 Å². The molecule has 194 valence electrons. The average Bonchev–Trinajstić information content (AvgIpc) is 3.67. The number of aromatic nitrogens is 3. The minimum absolute atomic E-state index is 0.155. The van der Waals surface area contributed by atoms with E-state index in [2.05, 4.69) is 22.1 Å². The van der Waals surface area contributed by atoms with Gasteiger partial charge in [-0.1, -0.05) is 0 Å². The van der Waals surface area contributed by atoms with Gasteiger partial charge in [0.15, 0.2) is 5.82 Å². The Hall–Kier alpha value is -3.57. The third kappa shape index (κ3) is 4.11. The molecule has 0 saturated carbocycles. The standard InChI is InChI=1S/C26H29N5O5S/c1-29-22-19(28-23(29)20-11-15-6-9-37-25(15)31(20)17-5-8-35-14-17)10-16(12-21(22)34-2)24(32)30-7-3-4-18(13-30)36-26(27)33/h6,9-12,17-18H,3-5,7-8,13-14H2,1-2H3,(H2,27,33)/t17?,18-/m1/s1. The number of thiophene rings is 1. The molecule has 2 aliphatic rings. The van der Waals surface area contributed by atoms with Gasteiger partial charge < -0.3 is 34.0 Å². The Morgan fingerprint density at radius 1 is 1.24 bits per heavy atom. The molecule has 6 rings (SSSR count). The minimum atomic E-state index is -0.822. The van der Waals surface area contributed by atoms with Crippen molar-refractivity contribution in [3.05, 3.63) is 35.2 Å². The van der Waals surface area contributed by atoms with Crippen LogP contribution in [0.3, 0.4) is 0 Å². The van der Waals surface area contributed by atoms with Crippen LogP contribution in [-0.4, -0.2) is 70.5 Å². The van der Waals surface area contributed by atoms with Crippen molar-refractivity contribution in [1.82, 2.24) is 19.0 Å². The van der Waals surface area contributed by atoms with Crippen molar-refractivity contribution in [2.24, 2.45) is 12.8 Å². The molecule has 2 aliphatic heterocycles. The molecule has 1 unspecified atom stereocenters. The summed E-state index contributed by atoms with van der Waals surface area (Å²) >= 11 is 1.72. The second-order valence-corrected chi connectivity index (χ2v) is 10.5. The molecule has 5 heterocycles. The molecule has 4 aromatic rings. The monoisotopic (exact) mass is 523 g/mol. The normalized spacial score (nSPS) is 20.1. The Kier molecular flexibility index (Phi) is 6.04. The first-order chi connectivity index (χ1) is 17.9. The second kappa shape index (κ2) is 9.38. The van der Waals surface area contributed by atoms with Crippen LogP contribution in [0.15, 0.2) is 29.6 Å². The summed E-state index contributed by atoms with van der Waals surface area (Å²) in [7, 11) is 3.57. The number of aryl methyl sites for hydroxylation is 1. The quantitative estimate of drug-likeness (QED) is 0.424. The number of carbonyl (C=O) groups is 2. The topological polar surface area (TPSA) is 114 Å². The summed E-state index contributed by atoms with van der Waals surface area (Å²) < 4.78 is 21.0. The highest BCUT2D eigenvalue weighted by atomic mass is 32.1. The third-order valence-corrected chi connectivity index (χ3v) is 8.22. The number of nitrogens with zero attached hydrogens (tertiary/aromatic N) is 4. The van der Waals surface area contributed by atoms with Crippen LogP contribution < -0.4 is 10.5 Å². The SMILES string of the molecule is COc1cc(C(=O)N2CCC[C@@H](OC(N)=O)C2)cc2nc(-c3cc4ccsc4n3C3CCOC3)n(C)c12. The van der Waals surface area contributed by atoms with Crippen LogP contribution in [0.5, 0.6) is 5.75 Å². The number of hydrogen-bond donors (Lipinski definition) is 1. The number of primary amides is 1. The van der Waals surface area contributed by atoms with E-state index in [0.717, 1.165) is 36.5 Å². The summed E-state index contributed by atoms with van der Waals surface area (Å²) in [5.74, 6) is 1.23. The van der Waals surface area contributed by atoms with E-state index < -0.39 is 12.2 Å². The number of benzene rings is 1. The van der Waals surface area contributed by atoms with Crippen LogP contribution >= 0.6 is 11.3 Å². The van der Waals surface area contributed by atoms with Gasteiger partial charge in [0.2, 0.25) is 0 Å². The van der Waals surface area contributed by atoms with Gasteiger partial charge in [-0.25, -0.2) is 9.78 Å². The van der Waals surface area contributed by atoms with E-state index in [1.54, 1.807) is 29.4 Å². The molecule has 0 aliphatic carbocycles. The predicted octanol–water partition coefficient (Wildman–Crippen LogP) is 3.93. The Bertz CT molecular complexity index is 1500. The lowest BCUT2D eigenvalue weighted by molar-refractivity contribution is 0.0373. The molecule has 1 aromatic carbocycles. The maximum absolute atomic E-state index is 13.5. The summed E-state index contributed by atoms with van der Waals surface area (Å²) in [6.07, 6.45) is 1.15. The Balaban J connectivity index is 1.41. The molecule has 0 spiro atoms. The molecule has 2 amide bonds. The molecular formula is C26H29N5O5S. The van der Waals surface area contributed by atoms with Gasteiger partial charge in [0, 0.05) is 31.1 Å². The van der Waals surface area contributed by atoms with Crippen molar-refractivity contribution in [3.63, 3.8) is 0 Å². The van der Waals surface area contributed by atoms with E-state index in [0.29, 0.717) is 42.9 Å². The minimum Gasteiger partial charge on any atom is -0.494 e. The molecule has 2 saturated heterocycles. The van der Waals surface area contributed by atoms with E-state index in [-0.39, 0.29) is 11.9 Å². The number of rotatable bonds is 5. The number of nitrogens with two attached hydrogens (primary N) is 1. The summed E-state index contributed by atoms with van der Waals surface area (Å²) in [4.78, 5) is 32.6. The highest BCUT2D eigenvalue weighted by Crippen LogP contribution is 2.39. The smallest absolute Gasteiger partial charge is 0.404 e. The van der Waals surface area contributed by atoms with Gasteiger partial charge in [-0.3, -0.25) is 4.79 Å². The summed E-state index contributed by atoms with van der Waals surface area (Å²) in [5, 5.41) is 3.29. The largest absolute Gasteiger partial charge is 0.494 e. The molecule has 2 atom stereocenters. The lowest BCUT2D eigenvalue weighted by atomic mass is 10.1. The fourth-order valence-electron chi connectivity index (χ4n) is 5.59. The number of imidazole rings is 1. The predicted molar refractivity (Wildman–Crippen MR) is 140 cm³/mol. The fraction of sp³-hybridized carbons (Fsp3) is 0.423. The van der Waals surface area contributed by atoms with Gasteiger partial charge in [-0.15, -0.1) is 11.3 Å². The fourth-order valence-corrected chi connectivity index (χ4v) is 6.56. The summed E-state index contributed by atoms with van der Waals surface area (Å²) in [6.45, 7) is 2.32. The zero-order valence-corrected chi connectivity index (χ0v) is 21.6. The van der Waals surface area contributed by atoms with Gasteiger partial charge in [0.25, 0.3) is 5.91 Å². The average molecular weight is 524 g/mol. The van der Waals surface area contributed by atoms with Crippen LogP contribution in [0.2, 0.25) is 0 Å². The molecular weight excluding hydrogens is 494 g/mol. The molecule has 37 heavy (non-hydrogen) atoms. The highest BCUT2D eigenvalue weighted by Gasteiger charge is 2.29. The molecule has 2 fully saturated rings. The number of ether oxygens (including phenoxy) is 3. The van der Waals surface area contributed by atoms with Gasteiger partial charge in [-0.05, 0) is 48.9 Å². The Morgan fingerprint density at radius 2 is 2.11 bits per heavy atom. The lowest BCUT2D eigenvalue weighted by Crippen LogP contribution is -2.44. The van der Waals surface area contributed by atoms with Gasteiger partial charge in [0.1, 0.15) is 22.2 Å². The number of amides is 2. The molecule has 2 N–H and O–H groups in total. The molecule has 0 radical (unpaired) electrons. The van der Waals surface area contributed by atoms with Crippen molar-refractivity contribution in [2.75, 3.05) is 33.4 Å². The summed E-state index contributed by atoms with van der Waals surface area (Å²) in [5.41, 5.74) is 8.19.